The number of carbonyl (C=O) groups excluding carboxylic acids is 2. The Morgan fingerprint density at radius 1 is 0.818 bits per heavy atom. The fourth-order valence-electron chi connectivity index (χ4n) is 1.81. The molecule has 7 heteroatoms. The summed E-state index contributed by atoms with van der Waals surface area (Å²) in [6.45, 7) is 0. The fraction of sp³-hybridized carbons (Fsp3) is 0.0667. The average molecular weight is 328 g/mol. The van der Waals surface area contributed by atoms with Gasteiger partial charge in [0.05, 0.1) is 0 Å². The monoisotopic (exact) mass is 328 g/mol. The third-order valence-electron chi connectivity index (χ3n) is 2.81. The van der Waals surface area contributed by atoms with E-state index in [1.54, 1.807) is 30.3 Å². The molecule has 0 fully saturated rings. The van der Waals surface area contributed by atoms with Crippen LogP contribution in [0, 0.1) is 0 Å². The van der Waals surface area contributed by atoms with Crippen molar-refractivity contribution in [1.29, 1.82) is 0 Å². The van der Waals surface area contributed by atoms with Crippen molar-refractivity contribution in [2.24, 2.45) is 0 Å². The number of Topliss-reactive ketones (excluding diaryl/α,β-unsaturated/α-hetero) is 2. The van der Waals surface area contributed by atoms with Crippen LogP contribution in [0.25, 0.3) is 0 Å². The molecule has 5 nitrogen and oxygen atoms in total. The number of ketones is 2. The van der Waals surface area contributed by atoms with Gasteiger partial charge in [-0.15, -0.1) is 0 Å². The fourth-order valence-corrected chi connectivity index (χ4v) is 2.43. The van der Waals surface area contributed by atoms with Gasteiger partial charge in [-0.05, 0) is 5.56 Å². The van der Waals surface area contributed by atoms with Crippen LogP contribution in [0.1, 0.15) is 26.3 Å². The average Bonchev–Trinajstić information content (AvgIpc) is 2.46. The van der Waals surface area contributed by atoms with E-state index in [2.05, 4.69) is 0 Å². The molecule has 110 valence electrons. The summed E-state index contributed by atoms with van der Waals surface area (Å²) in [5.74, 6) is -1.83. The maximum atomic E-state index is 12.0. The van der Waals surface area contributed by atoms with Crippen molar-refractivity contribution in [3.05, 3.63) is 71.3 Å². The Balaban J connectivity index is 0.00000242. The predicted octanol–water partition coefficient (Wildman–Crippen LogP) is 1.49. The molecule has 0 spiro atoms. The Hall–Kier alpha value is -1.31. The van der Waals surface area contributed by atoms with E-state index in [1.807, 2.05) is 0 Å². The summed E-state index contributed by atoms with van der Waals surface area (Å²) in [6.07, 6.45) is 0. The molecule has 0 aliphatic heterocycles. The first kappa shape index (κ1) is 18.7. The van der Waals surface area contributed by atoms with Crippen LogP contribution >= 0.6 is 0 Å². The van der Waals surface area contributed by atoms with Crippen LogP contribution in [0.15, 0.2) is 54.6 Å². The second-order valence-electron chi connectivity index (χ2n) is 4.45. The SMILES string of the molecule is O=C(C(=O)c1ccc(CS(=O)(=O)O)cc1)c1ccccc1.[NaH]. The van der Waals surface area contributed by atoms with Crippen LogP contribution in [-0.4, -0.2) is 54.1 Å². The van der Waals surface area contributed by atoms with E-state index in [0.717, 1.165) is 0 Å². The van der Waals surface area contributed by atoms with Crippen molar-refractivity contribution in [3.8, 4) is 0 Å². The molecule has 0 bridgehead atoms. The van der Waals surface area contributed by atoms with E-state index in [1.165, 1.54) is 24.3 Å². The van der Waals surface area contributed by atoms with Crippen LogP contribution in [0.2, 0.25) is 0 Å². The van der Waals surface area contributed by atoms with Crippen LogP contribution < -0.4 is 0 Å². The molecule has 0 aliphatic rings. The molecule has 0 saturated heterocycles. The van der Waals surface area contributed by atoms with Gasteiger partial charge < -0.3 is 0 Å². The molecule has 0 amide bonds. The van der Waals surface area contributed by atoms with Gasteiger partial charge in [0.25, 0.3) is 10.1 Å². The van der Waals surface area contributed by atoms with Crippen molar-refractivity contribution < 1.29 is 22.6 Å². The summed E-state index contributed by atoms with van der Waals surface area (Å²) in [4.78, 5) is 24.0. The molecule has 0 saturated carbocycles. The molecule has 0 aromatic heterocycles. The minimum absolute atomic E-state index is 0. The minimum atomic E-state index is -4.12. The Morgan fingerprint density at radius 3 is 1.73 bits per heavy atom. The Labute approximate surface area is 150 Å². The van der Waals surface area contributed by atoms with E-state index >= 15 is 0 Å². The van der Waals surface area contributed by atoms with Crippen molar-refractivity contribution in [3.63, 3.8) is 0 Å². The van der Waals surface area contributed by atoms with Gasteiger partial charge >= 0.3 is 29.6 Å². The molecule has 0 unspecified atom stereocenters. The second kappa shape index (κ2) is 7.80. The van der Waals surface area contributed by atoms with Crippen molar-refractivity contribution in [1.82, 2.24) is 0 Å². The quantitative estimate of drug-likeness (QED) is 0.389. The summed E-state index contributed by atoms with van der Waals surface area (Å²) >= 11 is 0. The third-order valence-corrected chi connectivity index (χ3v) is 3.51. The molecular weight excluding hydrogens is 315 g/mol. The Morgan fingerprint density at radius 2 is 1.27 bits per heavy atom. The third kappa shape index (κ3) is 5.15. The zero-order valence-corrected chi connectivity index (χ0v) is 11.7. The predicted molar refractivity (Wildman–Crippen MR) is 83.9 cm³/mol. The van der Waals surface area contributed by atoms with E-state index in [4.69, 9.17) is 4.55 Å². The van der Waals surface area contributed by atoms with Gasteiger partial charge in [0, 0.05) is 11.1 Å². The first-order valence-corrected chi connectivity index (χ1v) is 7.66. The van der Waals surface area contributed by atoms with E-state index in [-0.39, 0.29) is 35.1 Å². The molecule has 2 aromatic carbocycles. The molecule has 2 aromatic rings. The van der Waals surface area contributed by atoms with Gasteiger partial charge in [-0.3, -0.25) is 14.1 Å². The summed E-state index contributed by atoms with van der Waals surface area (Å²) in [7, 11) is -4.12. The van der Waals surface area contributed by atoms with Crippen LogP contribution in [0.5, 0.6) is 0 Å². The second-order valence-corrected chi connectivity index (χ2v) is 5.90. The first-order valence-electron chi connectivity index (χ1n) is 6.05. The summed E-state index contributed by atoms with van der Waals surface area (Å²) in [6, 6.07) is 13.7. The molecule has 0 aliphatic carbocycles. The Bertz CT molecular complexity index is 767. The summed E-state index contributed by atoms with van der Waals surface area (Å²) in [5, 5.41) is 0. The van der Waals surface area contributed by atoms with E-state index in [0.29, 0.717) is 11.1 Å². The Kier molecular flexibility index (Phi) is 6.65. The molecular formula is C15H13NaO5S. The first-order chi connectivity index (χ1) is 9.87. The number of rotatable bonds is 5. The van der Waals surface area contributed by atoms with E-state index in [9.17, 15) is 18.0 Å². The van der Waals surface area contributed by atoms with Gasteiger partial charge in [-0.1, -0.05) is 54.6 Å². The van der Waals surface area contributed by atoms with Crippen molar-refractivity contribution in [2.75, 3.05) is 0 Å². The molecule has 22 heavy (non-hydrogen) atoms. The molecule has 0 atom stereocenters. The van der Waals surface area contributed by atoms with Gasteiger partial charge in [-0.2, -0.15) is 8.42 Å². The summed E-state index contributed by atoms with van der Waals surface area (Å²) in [5.41, 5.74) is 0.800. The number of hydrogen-bond acceptors (Lipinski definition) is 4. The van der Waals surface area contributed by atoms with Gasteiger partial charge in [0.15, 0.2) is 0 Å². The maximum absolute atomic E-state index is 12.0. The van der Waals surface area contributed by atoms with Crippen molar-refractivity contribution >= 4 is 51.2 Å². The molecule has 0 heterocycles. The normalized spacial score (nSPS) is 10.6. The number of hydrogen-bond donors (Lipinski definition) is 1. The standard InChI is InChI=1S/C15H12O5S.Na.H/c16-14(12-4-2-1-3-5-12)15(17)13-8-6-11(7-9-13)10-21(18,19)20;;/h1-9H,10H2,(H,18,19,20);;. The topological polar surface area (TPSA) is 88.5 Å². The van der Waals surface area contributed by atoms with Crippen LogP contribution in [0.4, 0.5) is 0 Å². The molecule has 2 rings (SSSR count). The molecule has 0 radical (unpaired) electrons. The number of carbonyl (C=O) groups is 2. The van der Waals surface area contributed by atoms with Gasteiger partial charge in [0.1, 0.15) is 5.75 Å². The number of benzene rings is 2. The van der Waals surface area contributed by atoms with Crippen LogP contribution in [-0.2, 0) is 15.9 Å². The van der Waals surface area contributed by atoms with Gasteiger partial charge in [-0.25, -0.2) is 0 Å². The molecule has 1 N–H and O–H groups in total. The summed E-state index contributed by atoms with van der Waals surface area (Å²) < 4.78 is 30.2. The zero-order valence-electron chi connectivity index (χ0n) is 10.9. The van der Waals surface area contributed by atoms with Crippen LogP contribution in [0.3, 0.4) is 0 Å². The van der Waals surface area contributed by atoms with E-state index < -0.39 is 27.4 Å². The van der Waals surface area contributed by atoms with Gasteiger partial charge in [0.2, 0.25) is 11.6 Å². The van der Waals surface area contributed by atoms with Crippen molar-refractivity contribution in [2.45, 2.75) is 5.75 Å². The zero-order chi connectivity index (χ0) is 15.5.